The number of nitrogens with zero attached hydrogens (tertiary/aromatic N) is 3. The number of hydrogen-bond acceptors (Lipinski definition) is 4. The highest BCUT2D eigenvalue weighted by Gasteiger charge is 2.29. The molecule has 3 rings (SSSR count). The highest BCUT2D eigenvalue weighted by Crippen LogP contribution is 2.27. The maximum atomic E-state index is 12.3. The predicted molar refractivity (Wildman–Crippen MR) is 92.9 cm³/mol. The number of carbonyl (C=O) groups excluding carboxylic acids is 2. The van der Waals surface area contributed by atoms with Gasteiger partial charge in [0, 0.05) is 42.9 Å². The van der Waals surface area contributed by atoms with Gasteiger partial charge >= 0.3 is 0 Å². The van der Waals surface area contributed by atoms with E-state index in [-0.39, 0.29) is 18.2 Å². The molecular weight excluding hydrogens is 320 g/mol. The number of aromatic nitrogens is 2. The zero-order chi connectivity index (χ0) is 18.1. The van der Waals surface area contributed by atoms with Crippen molar-refractivity contribution in [1.82, 2.24) is 14.7 Å². The number of likely N-dealkylation sites (tertiary alicyclic amines) is 1. The minimum absolute atomic E-state index is 0.0672. The molecule has 0 spiro atoms. The van der Waals surface area contributed by atoms with E-state index in [1.807, 2.05) is 26.0 Å². The summed E-state index contributed by atoms with van der Waals surface area (Å²) in [6.07, 6.45) is -0.156. The number of benzene rings is 1. The Bertz CT molecular complexity index is 804. The van der Waals surface area contributed by atoms with E-state index < -0.39 is 6.10 Å². The van der Waals surface area contributed by atoms with Crippen LogP contribution in [0.25, 0.3) is 11.1 Å². The topological polar surface area (TPSA) is 101 Å². The molecule has 1 fully saturated rings. The highest BCUT2D eigenvalue weighted by molar-refractivity contribution is 5.95. The smallest absolute Gasteiger partial charge is 0.254 e. The molecule has 7 nitrogen and oxygen atoms in total. The van der Waals surface area contributed by atoms with E-state index in [1.165, 1.54) is 0 Å². The predicted octanol–water partition coefficient (Wildman–Crippen LogP) is 0.859. The van der Waals surface area contributed by atoms with Crippen molar-refractivity contribution >= 4 is 11.8 Å². The van der Waals surface area contributed by atoms with Crippen molar-refractivity contribution in [2.45, 2.75) is 32.9 Å². The molecule has 3 N–H and O–H groups in total. The average molecular weight is 342 g/mol. The first-order valence-electron chi connectivity index (χ1n) is 8.27. The van der Waals surface area contributed by atoms with E-state index in [0.29, 0.717) is 25.2 Å². The van der Waals surface area contributed by atoms with Crippen LogP contribution in [0.1, 0.15) is 28.2 Å². The lowest BCUT2D eigenvalue weighted by Crippen LogP contribution is -2.53. The third-order valence-corrected chi connectivity index (χ3v) is 4.52. The SMILES string of the molecule is Cc1nn(CCC(N)=O)c(C)c1-c1ccc(C(=O)N2CC(O)C2)cc1. The molecule has 0 unspecified atom stereocenters. The number of amides is 2. The summed E-state index contributed by atoms with van der Waals surface area (Å²) in [6, 6.07) is 7.39. The van der Waals surface area contributed by atoms with E-state index in [2.05, 4.69) is 5.10 Å². The van der Waals surface area contributed by atoms with Crippen molar-refractivity contribution in [1.29, 1.82) is 0 Å². The van der Waals surface area contributed by atoms with Crippen molar-refractivity contribution < 1.29 is 14.7 Å². The summed E-state index contributed by atoms with van der Waals surface area (Å²) in [4.78, 5) is 24.9. The molecule has 0 saturated carbocycles. The van der Waals surface area contributed by atoms with Crippen LogP contribution in [0.4, 0.5) is 0 Å². The summed E-state index contributed by atoms with van der Waals surface area (Å²) in [5, 5.41) is 13.8. The third-order valence-electron chi connectivity index (χ3n) is 4.52. The van der Waals surface area contributed by atoms with Crippen molar-refractivity contribution in [2.75, 3.05) is 13.1 Å². The molecule has 25 heavy (non-hydrogen) atoms. The van der Waals surface area contributed by atoms with Gasteiger partial charge in [-0.15, -0.1) is 0 Å². The number of hydrogen-bond donors (Lipinski definition) is 2. The molecule has 0 atom stereocenters. The van der Waals surface area contributed by atoms with Gasteiger partial charge in [-0.25, -0.2) is 0 Å². The molecule has 2 aromatic rings. The number of aliphatic hydroxyl groups is 1. The summed E-state index contributed by atoms with van der Waals surface area (Å²) in [6.45, 7) is 5.12. The second kappa shape index (κ2) is 6.68. The van der Waals surface area contributed by atoms with Crippen molar-refractivity contribution in [3.8, 4) is 11.1 Å². The fourth-order valence-electron chi connectivity index (χ4n) is 3.13. The van der Waals surface area contributed by atoms with Crippen molar-refractivity contribution in [3.05, 3.63) is 41.2 Å². The quantitative estimate of drug-likeness (QED) is 0.841. The van der Waals surface area contributed by atoms with Crippen molar-refractivity contribution in [3.63, 3.8) is 0 Å². The zero-order valence-electron chi connectivity index (χ0n) is 14.4. The first-order valence-corrected chi connectivity index (χ1v) is 8.27. The zero-order valence-corrected chi connectivity index (χ0v) is 14.4. The van der Waals surface area contributed by atoms with E-state index in [9.17, 15) is 14.7 Å². The monoisotopic (exact) mass is 342 g/mol. The van der Waals surface area contributed by atoms with Gasteiger partial charge in [0.05, 0.1) is 11.8 Å². The summed E-state index contributed by atoms with van der Waals surface area (Å²) >= 11 is 0. The molecule has 0 aliphatic carbocycles. The minimum Gasteiger partial charge on any atom is -0.389 e. The van der Waals surface area contributed by atoms with Crippen LogP contribution in [0.2, 0.25) is 0 Å². The van der Waals surface area contributed by atoms with Gasteiger partial charge in [0.1, 0.15) is 0 Å². The molecule has 2 heterocycles. The Morgan fingerprint density at radius 1 is 1.24 bits per heavy atom. The number of primary amides is 1. The molecule has 1 aliphatic rings. The summed E-state index contributed by atoms with van der Waals surface area (Å²) in [5.74, 6) is -0.421. The van der Waals surface area contributed by atoms with E-state index >= 15 is 0 Å². The molecule has 2 amide bonds. The Hall–Kier alpha value is -2.67. The van der Waals surface area contributed by atoms with Crippen LogP contribution in [-0.2, 0) is 11.3 Å². The number of aliphatic hydroxyl groups excluding tert-OH is 1. The summed E-state index contributed by atoms with van der Waals surface area (Å²) < 4.78 is 1.79. The van der Waals surface area contributed by atoms with E-state index in [0.717, 1.165) is 22.5 Å². The largest absolute Gasteiger partial charge is 0.389 e. The molecule has 1 aromatic heterocycles. The lowest BCUT2D eigenvalue weighted by molar-refractivity contribution is -0.118. The molecule has 0 bridgehead atoms. The van der Waals surface area contributed by atoms with Crippen LogP contribution in [0.5, 0.6) is 0 Å². The number of nitrogens with two attached hydrogens (primary N) is 1. The van der Waals surface area contributed by atoms with Gasteiger partial charge in [0.2, 0.25) is 5.91 Å². The Morgan fingerprint density at radius 3 is 2.44 bits per heavy atom. The second-order valence-corrected chi connectivity index (χ2v) is 6.43. The maximum absolute atomic E-state index is 12.3. The van der Waals surface area contributed by atoms with Crippen LogP contribution < -0.4 is 5.73 Å². The van der Waals surface area contributed by atoms with Crippen LogP contribution >= 0.6 is 0 Å². The van der Waals surface area contributed by atoms with Crippen molar-refractivity contribution in [2.24, 2.45) is 5.73 Å². The van der Waals surface area contributed by atoms with Gasteiger partial charge in [0.25, 0.3) is 5.91 Å². The van der Waals surface area contributed by atoms with Gasteiger partial charge < -0.3 is 15.7 Å². The Kier molecular flexibility index (Phi) is 4.59. The third kappa shape index (κ3) is 3.41. The number of carbonyl (C=O) groups is 2. The number of β-amino-alcohol motifs (C(OH)–C–C–N with tert-alkyl or cyclic N) is 1. The van der Waals surface area contributed by atoms with Crippen LogP contribution in [0.3, 0.4) is 0 Å². The normalized spacial score (nSPS) is 14.4. The van der Waals surface area contributed by atoms with E-state index in [1.54, 1.807) is 21.7 Å². The molecule has 132 valence electrons. The Balaban J connectivity index is 1.80. The highest BCUT2D eigenvalue weighted by atomic mass is 16.3. The fraction of sp³-hybridized carbons (Fsp3) is 0.389. The molecule has 1 saturated heterocycles. The van der Waals surface area contributed by atoms with Crippen LogP contribution in [-0.4, -0.2) is 50.8 Å². The standard InChI is InChI=1S/C18H22N4O3/c1-11-17(12(2)22(20-11)8-7-16(19)24)13-3-5-14(6-4-13)18(25)21-9-15(23)10-21/h3-6,15,23H,7-10H2,1-2H3,(H2,19,24). The van der Waals surface area contributed by atoms with Crippen LogP contribution in [0, 0.1) is 13.8 Å². The molecule has 1 aromatic carbocycles. The first kappa shape index (κ1) is 17.2. The number of rotatable bonds is 5. The first-order chi connectivity index (χ1) is 11.9. The average Bonchev–Trinajstić information content (AvgIpc) is 2.83. The lowest BCUT2D eigenvalue weighted by atomic mass is 10.0. The molecule has 1 aliphatic heterocycles. The van der Waals surface area contributed by atoms with Gasteiger partial charge in [-0.05, 0) is 31.5 Å². The van der Waals surface area contributed by atoms with Gasteiger partial charge in [-0.3, -0.25) is 14.3 Å². The number of aryl methyl sites for hydroxylation is 2. The van der Waals surface area contributed by atoms with E-state index in [4.69, 9.17) is 5.73 Å². The van der Waals surface area contributed by atoms with Crippen LogP contribution in [0.15, 0.2) is 24.3 Å². The van der Waals surface area contributed by atoms with Gasteiger partial charge in [0.15, 0.2) is 0 Å². The summed E-state index contributed by atoms with van der Waals surface area (Å²) in [5.41, 5.74) is 9.62. The molecular formula is C18H22N4O3. The second-order valence-electron chi connectivity index (χ2n) is 6.43. The van der Waals surface area contributed by atoms with Gasteiger partial charge in [-0.1, -0.05) is 12.1 Å². The fourth-order valence-corrected chi connectivity index (χ4v) is 3.13. The Labute approximate surface area is 146 Å². The van der Waals surface area contributed by atoms with Gasteiger partial charge in [-0.2, -0.15) is 5.10 Å². The molecule has 0 radical (unpaired) electrons. The Morgan fingerprint density at radius 2 is 1.88 bits per heavy atom. The minimum atomic E-state index is -0.403. The lowest BCUT2D eigenvalue weighted by Gasteiger charge is -2.35. The molecule has 7 heteroatoms. The maximum Gasteiger partial charge on any atom is 0.254 e. The summed E-state index contributed by atoms with van der Waals surface area (Å²) in [7, 11) is 0.